The number of hydrogen-bond donors (Lipinski definition) is 1. The molecule has 0 aromatic heterocycles. The summed E-state index contributed by atoms with van der Waals surface area (Å²) in [5.41, 5.74) is 1.26. The van der Waals surface area contributed by atoms with E-state index in [0.29, 0.717) is 26.6 Å². The lowest BCUT2D eigenvalue weighted by Gasteiger charge is -2.37. The molecule has 1 saturated heterocycles. The zero-order valence-corrected chi connectivity index (χ0v) is 15.7. The van der Waals surface area contributed by atoms with E-state index >= 15 is 0 Å². The zero-order chi connectivity index (χ0) is 15.2. The highest BCUT2D eigenvalue weighted by molar-refractivity contribution is 8.07. The van der Waals surface area contributed by atoms with Gasteiger partial charge < -0.3 is 5.32 Å². The molecule has 0 spiro atoms. The molecule has 118 valence electrons. The van der Waals surface area contributed by atoms with Crippen molar-refractivity contribution in [3.63, 3.8) is 0 Å². The highest BCUT2D eigenvalue weighted by atomic mass is 35.5. The van der Waals surface area contributed by atoms with Crippen LogP contribution in [0.25, 0.3) is 0 Å². The maximum absolute atomic E-state index is 6.23. The van der Waals surface area contributed by atoms with E-state index in [1.54, 1.807) is 0 Å². The van der Waals surface area contributed by atoms with E-state index in [9.17, 15) is 0 Å². The molecular weight excluding hydrogens is 341 g/mol. The Balaban J connectivity index is 2.25. The van der Waals surface area contributed by atoms with E-state index in [1.165, 1.54) is 23.5 Å². The van der Waals surface area contributed by atoms with Crippen LogP contribution < -0.4 is 5.32 Å². The summed E-state index contributed by atoms with van der Waals surface area (Å²) in [6.07, 6.45) is 2.35. The molecule has 3 unspecified atom stereocenters. The van der Waals surface area contributed by atoms with Crippen LogP contribution in [0, 0.1) is 0 Å². The van der Waals surface area contributed by atoms with E-state index in [-0.39, 0.29) is 0 Å². The van der Waals surface area contributed by atoms with Crippen molar-refractivity contribution >= 4 is 46.7 Å². The van der Waals surface area contributed by atoms with Crippen molar-refractivity contribution < 1.29 is 0 Å². The van der Waals surface area contributed by atoms with Gasteiger partial charge >= 0.3 is 0 Å². The number of nitrogens with one attached hydrogen (secondary N) is 1. The van der Waals surface area contributed by atoms with Gasteiger partial charge in [-0.1, -0.05) is 43.1 Å². The van der Waals surface area contributed by atoms with Gasteiger partial charge in [0.25, 0.3) is 0 Å². The molecule has 1 aromatic carbocycles. The summed E-state index contributed by atoms with van der Waals surface area (Å²) >= 11 is 16.5. The minimum atomic E-state index is 0.350. The number of benzene rings is 1. The topological polar surface area (TPSA) is 12.0 Å². The minimum absolute atomic E-state index is 0.350. The molecule has 3 atom stereocenters. The fourth-order valence-corrected chi connectivity index (χ4v) is 6.23. The van der Waals surface area contributed by atoms with Crippen LogP contribution in [0.15, 0.2) is 18.2 Å². The molecule has 0 aliphatic carbocycles. The lowest BCUT2D eigenvalue weighted by atomic mass is 10.00. The summed E-state index contributed by atoms with van der Waals surface area (Å²) in [6.45, 7) is 5.53. The van der Waals surface area contributed by atoms with Gasteiger partial charge in [0.05, 0.1) is 10.0 Å². The predicted molar refractivity (Wildman–Crippen MR) is 100 cm³/mol. The molecule has 1 fully saturated rings. The van der Waals surface area contributed by atoms with E-state index in [1.807, 2.05) is 12.1 Å². The minimum Gasteiger partial charge on any atom is -0.309 e. The summed E-state index contributed by atoms with van der Waals surface area (Å²) in [5.74, 6) is 2.50. The second-order valence-electron chi connectivity index (χ2n) is 5.26. The Hall–Kier alpha value is 0.460. The Morgan fingerprint density at radius 2 is 1.95 bits per heavy atom. The van der Waals surface area contributed by atoms with Crippen molar-refractivity contribution in [3.8, 4) is 0 Å². The van der Waals surface area contributed by atoms with Crippen LogP contribution in [0.4, 0.5) is 0 Å². The molecule has 2 rings (SSSR count). The van der Waals surface area contributed by atoms with Gasteiger partial charge in [-0.15, -0.1) is 0 Å². The number of thioether (sulfide) groups is 2. The first kappa shape index (κ1) is 17.8. The normalized spacial score (nSPS) is 24.0. The third-order valence-corrected chi connectivity index (χ3v) is 7.83. The van der Waals surface area contributed by atoms with E-state index in [2.05, 4.69) is 48.8 Å². The summed E-state index contributed by atoms with van der Waals surface area (Å²) < 4.78 is 0. The smallest absolute Gasteiger partial charge is 0.0595 e. The molecule has 1 aliphatic rings. The third-order valence-electron chi connectivity index (χ3n) is 3.74. The standard InChI is InChI=1S/C16H23Cl2NS2/c1-3-7-19-15(11-5-6-12(17)13(18)10-11)16-14(4-2)20-8-9-21-16/h5-6,10,14-16,19H,3-4,7-9H2,1-2H3. The lowest BCUT2D eigenvalue weighted by molar-refractivity contribution is 0.498. The van der Waals surface area contributed by atoms with Gasteiger partial charge in [0.15, 0.2) is 0 Å². The number of halogens is 2. The molecular formula is C16H23Cl2NS2. The Morgan fingerprint density at radius 1 is 1.19 bits per heavy atom. The lowest BCUT2D eigenvalue weighted by Crippen LogP contribution is -2.39. The van der Waals surface area contributed by atoms with Crippen LogP contribution in [0.3, 0.4) is 0 Å². The Morgan fingerprint density at radius 3 is 2.62 bits per heavy atom. The molecule has 1 aliphatic heterocycles. The fraction of sp³-hybridized carbons (Fsp3) is 0.625. The van der Waals surface area contributed by atoms with Crippen LogP contribution in [0.1, 0.15) is 38.3 Å². The quantitative estimate of drug-likeness (QED) is 0.699. The second-order valence-corrected chi connectivity index (χ2v) is 8.71. The second kappa shape index (κ2) is 8.93. The molecule has 0 bridgehead atoms. The molecule has 1 aromatic rings. The Kier molecular flexibility index (Phi) is 7.57. The Labute approximate surface area is 146 Å². The van der Waals surface area contributed by atoms with Crippen molar-refractivity contribution in [1.29, 1.82) is 0 Å². The van der Waals surface area contributed by atoms with Gasteiger partial charge in [0.2, 0.25) is 0 Å². The predicted octanol–water partition coefficient (Wildman–Crippen LogP) is 5.66. The first-order chi connectivity index (χ1) is 10.2. The molecule has 1 N–H and O–H groups in total. The van der Waals surface area contributed by atoms with Gasteiger partial charge in [0, 0.05) is 28.0 Å². The van der Waals surface area contributed by atoms with E-state index in [4.69, 9.17) is 23.2 Å². The van der Waals surface area contributed by atoms with Crippen molar-refractivity contribution in [1.82, 2.24) is 5.32 Å². The maximum atomic E-state index is 6.23. The first-order valence-corrected chi connectivity index (χ1v) is 10.4. The highest BCUT2D eigenvalue weighted by Crippen LogP contribution is 2.41. The molecule has 5 heteroatoms. The van der Waals surface area contributed by atoms with E-state index < -0.39 is 0 Å². The molecule has 1 nitrogen and oxygen atoms in total. The van der Waals surface area contributed by atoms with Crippen LogP contribution in [-0.4, -0.2) is 28.6 Å². The molecule has 0 radical (unpaired) electrons. The summed E-state index contributed by atoms with van der Waals surface area (Å²) in [5, 5.41) is 6.31. The molecule has 21 heavy (non-hydrogen) atoms. The van der Waals surface area contributed by atoms with Crippen LogP contribution in [-0.2, 0) is 0 Å². The number of hydrogen-bond acceptors (Lipinski definition) is 3. The average molecular weight is 364 g/mol. The molecule has 0 amide bonds. The average Bonchev–Trinajstić information content (AvgIpc) is 2.51. The monoisotopic (exact) mass is 363 g/mol. The van der Waals surface area contributed by atoms with Crippen molar-refractivity contribution in [3.05, 3.63) is 33.8 Å². The third kappa shape index (κ3) is 4.71. The summed E-state index contributed by atoms with van der Waals surface area (Å²) in [4.78, 5) is 0. The molecule has 0 saturated carbocycles. The van der Waals surface area contributed by atoms with Crippen molar-refractivity contribution in [2.45, 2.75) is 43.2 Å². The largest absolute Gasteiger partial charge is 0.309 e. The van der Waals surface area contributed by atoms with Gasteiger partial charge in [-0.25, -0.2) is 0 Å². The SMILES string of the molecule is CCCNC(c1ccc(Cl)c(Cl)c1)C1SCCSC1CC. The zero-order valence-electron chi connectivity index (χ0n) is 12.6. The van der Waals surface area contributed by atoms with Crippen molar-refractivity contribution in [2.75, 3.05) is 18.1 Å². The summed E-state index contributed by atoms with van der Waals surface area (Å²) in [6, 6.07) is 6.42. The summed E-state index contributed by atoms with van der Waals surface area (Å²) in [7, 11) is 0. The molecule has 1 heterocycles. The van der Waals surface area contributed by atoms with Crippen LogP contribution >= 0.6 is 46.7 Å². The van der Waals surface area contributed by atoms with Crippen LogP contribution in [0.5, 0.6) is 0 Å². The highest BCUT2D eigenvalue weighted by Gasteiger charge is 2.32. The maximum Gasteiger partial charge on any atom is 0.0595 e. The van der Waals surface area contributed by atoms with Crippen molar-refractivity contribution in [2.24, 2.45) is 0 Å². The van der Waals surface area contributed by atoms with Gasteiger partial charge in [-0.2, -0.15) is 23.5 Å². The van der Waals surface area contributed by atoms with Crippen LogP contribution in [0.2, 0.25) is 10.0 Å². The number of rotatable bonds is 6. The first-order valence-electron chi connectivity index (χ1n) is 7.58. The fourth-order valence-electron chi connectivity index (χ4n) is 2.68. The van der Waals surface area contributed by atoms with Gasteiger partial charge in [-0.05, 0) is 37.1 Å². The van der Waals surface area contributed by atoms with Gasteiger partial charge in [-0.3, -0.25) is 0 Å². The van der Waals surface area contributed by atoms with E-state index in [0.717, 1.165) is 13.0 Å². The Bertz CT molecular complexity index is 456. The van der Waals surface area contributed by atoms with Gasteiger partial charge in [0.1, 0.15) is 0 Å².